The minimum absolute atomic E-state index is 0.0848. The van der Waals surface area contributed by atoms with Crippen molar-refractivity contribution in [1.82, 2.24) is 0 Å². The van der Waals surface area contributed by atoms with E-state index < -0.39 is 18.4 Å². The molecule has 5 nitrogen and oxygen atoms in total. The lowest BCUT2D eigenvalue weighted by Crippen LogP contribution is -2.34. The highest BCUT2D eigenvalue weighted by Crippen LogP contribution is 2.27. The van der Waals surface area contributed by atoms with Crippen molar-refractivity contribution in [3.63, 3.8) is 0 Å². The Kier molecular flexibility index (Phi) is 2.46. The second-order valence-corrected chi connectivity index (χ2v) is 2.51. The molecule has 0 aliphatic carbocycles. The summed E-state index contributed by atoms with van der Waals surface area (Å²) in [6.07, 6.45) is 0.904. The topological polar surface area (TPSA) is 87.0 Å². The van der Waals surface area contributed by atoms with Gasteiger partial charge >= 0.3 is 5.97 Å². The fourth-order valence-electron chi connectivity index (χ4n) is 1.05. The number of cyclic esters (lactones) is 1. The van der Waals surface area contributed by atoms with Crippen molar-refractivity contribution in [2.24, 2.45) is 0 Å². The summed E-state index contributed by atoms with van der Waals surface area (Å²) in [5.74, 6) is -2.50. The molecule has 1 unspecified atom stereocenters. The highest BCUT2D eigenvalue weighted by atomic mass is 16.7. The molecular weight excluding hydrogens is 164 g/mol. The van der Waals surface area contributed by atoms with E-state index in [0.29, 0.717) is 0 Å². The van der Waals surface area contributed by atoms with Crippen molar-refractivity contribution < 1.29 is 24.9 Å². The third-order valence-electron chi connectivity index (χ3n) is 1.68. The number of ether oxygens (including phenoxy) is 1. The molecular formula is C7H10O5. The normalized spacial score (nSPS) is 28.6. The van der Waals surface area contributed by atoms with E-state index in [0.717, 1.165) is 6.08 Å². The summed E-state index contributed by atoms with van der Waals surface area (Å²) >= 11 is 0. The number of hydrogen-bond acceptors (Lipinski definition) is 5. The zero-order valence-corrected chi connectivity index (χ0v) is 6.36. The van der Waals surface area contributed by atoms with Gasteiger partial charge in [-0.15, -0.1) is 0 Å². The number of carbonyl (C=O) groups excluding carboxylic acids is 1. The number of esters is 1. The molecule has 0 saturated heterocycles. The Labute approximate surface area is 68.9 Å². The lowest BCUT2D eigenvalue weighted by atomic mass is 10.1. The van der Waals surface area contributed by atoms with Crippen LogP contribution in [0.5, 0.6) is 0 Å². The Balaban J connectivity index is 2.79. The van der Waals surface area contributed by atoms with Crippen LogP contribution in [0.15, 0.2) is 11.6 Å². The van der Waals surface area contributed by atoms with E-state index in [4.69, 9.17) is 10.2 Å². The third-order valence-corrected chi connectivity index (χ3v) is 1.68. The Morgan fingerprint density at radius 3 is 2.67 bits per heavy atom. The zero-order chi connectivity index (χ0) is 9.19. The van der Waals surface area contributed by atoms with E-state index in [1.54, 1.807) is 0 Å². The van der Waals surface area contributed by atoms with E-state index in [1.165, 1.54) is 0 Å². The van der Waals surface area contributed by atoms with Gasteiger partial charge in [-0.25, -0.2) is 4.79 Å². The maximum Gasteiger partial charge on any atom is 0.333 e. The van der Waals surface area contributed by atoms with Gasteiger partial charge in [-0.1, -0.05) is 0 Å². The SMILES string of the molecule is O=C1C=C(CO)C(O)(CCO)O1. The standard InChI is InChI=1S/C7H10O5/c8-2-1-7(11)5(4-9)3-6(10)12-7/h3,8-9,11H,1-2,4H2. The predicted molar refractivity (Wildman–Crippen MR) is 37.9 cm³/mol. The summed E-state index contributed by atoms with van der Waals surface area (Å²) in [5.41, 5.74) is 0.0848. The van der Waals surface area contributed by atoms with Gasteiger partial charge in [0, 0.05) is 24.7 Å². The second-order valence-electron chi connectivity index (χ2n) is 2.51. The van der Waals surface area contributed by atoms with Crippen LogP contribution in [0.4, 0.5) is 0 Å². The summed E-state index contributed by atoms with van der Waals surface area (Å²) in [4.78, 5) is 10.7. The van der Waals surface area contributed by atoms with Gasteiger partial charge in [0.1, 0.15) is 0 Å². The van der Waals surface area contributed by atoms with Gasteiger partial charge in [0.15, 0.2) is 0 Å². The maximum atomic E-state index is 10.7. The molecule has 0 aromatic rings. The average molecular weight is 174 g/mol. The fourth-order valence-corrected chi connectivity index (χ4v) is 1.05. The molecule has 68 valence electrons. The van der Waals surface area contributed by atoms with Crippen LogP contribution in [0.1, 0.15) is 6.42 Å². The molecule has 1 atom stereocenters. The predicted octanol–water partition coefficient (Wildman–Crippen LogP) is -1.47. The van der Waals surface area contributed by atoms with Gasteiger partial charge in [-0.3, -0.25) is 0 Å². The summed E-state index contributed by atoms with van der Waals surface area (Å²) < 4.78 is 4.50. The number of aliphatic hydroxyl groups is 3. The quantitative estimate of drug-likeness (QED) is 0.455. The first-order valence-corrected chi connectivity index (χ1v) is 3.50. The van der Waals surface area contributed by atoms with Crippen molar-refractivity contribution >= 4 is 5.97 Å². The van der Waals surface area contributed by atoms with Crippen LogP contribution >= 0.6 is 0 Å². The van der Waals surface area contributed by atoms with Crippen LogP contribution in [-0.2, 0) is 9.53 Å². The smallest absolute Gasteiger partial charge is 0.333 e. The highest BCUT2D eigenvalue weighted by Gasteiger charge is 2.40. The minimum Gasteiger partial charge on any atom is -0.426 e. The summed E-state index contributed by atoms with van der Waals surface area (Å²) in [6, 6.07) is 0. The van der Waals surface area contributed by atoms with E-state index in [9.17, 15) is 9.90 Å². The van der Waals surface area contributed by atoms with Gasteiger partial charge in [0.05, 0.1) is 6.61 Å². The van der Waals surface area contributed by atoms with Gasteiger partial charge in [0.25, 0.3) is 0 Å². The van der Waals surface area contributed by atoms with Crippen LogP contribution < -0.4 is 0 Å². The van der Waals surface area contributed by atoms with E-state index >= 15 is 0 Å². The van der Waals surface area contributed by atoms with Crippen LogP contribution in [0.2, 0.25) is 0 Å². The van der Waals surface area contributed by atoms with Gasteiger partial charge < -0.3 is 20.1 Å². The summed E-state index contributed by atoms with van der Waals surface area (Å²) in [5, 5.41) is 26.7. The van der Waals surface area contributed by atoms with Gasteiger partial charge in [-0.2, -0.15) is 0 Å². The first-order chi connectivity index (χ1) is 5.62. The minimum atomic E-state index is -1.80. The van der Waals surface area contributed by atoms with E-state index in [-0.39, 0.29) is 18.6 Å². The lowest BCUT2D eigenvalue weighted by molar-refractivity contribution is -0.186. The molecule has 0 saturated carbocycles. The molecule has 0 spiro atoms. The molecule has 0 amide bonds. The Bertz CT molecular complexity index is 222. The molecule has 0 bridgehead atoms. The molecule has 0 fully saturated rings. The molecule has 0 aromatic heterocycles. The third kappa shape index (κ3) is 1.47. The van der Waals surface area contributed by atoms with Crippen molar-refractivity contribution in [1.29, 1.82) is 0 Å². The second kappa shape index (κ2) is 3.22. The van der Waals surface area contributed by atoms with Crippen LogP contribution in [-0.4, -0.2) is 40.3 Å². The monoisotopic (exact) mass is 174 g/mol. The molecule has 12 heavy (non-hydrogen) atoms. The molecule has 3 N–H and O–H groups in total. The Morgan fingerprint density at radius 2 is 2.17 bits per heavy atom. The zero-order valence-electron chi connectivity index (χ0n) is 6.36. The average Bonchev–Trinajstić information content (AvgIpc) is 2.26. The number of aliphatic hydroxyl groups excluding tert-OH is 2. The first-order valence-electron chi connectivity index (χ1n) is 3.50. The molecule has 1 aliphatic rings. The summed E-state index contributed by atoms with van der Waals surface area (Å²) in [7, 11) is 0. The lowest BCUT2D eigenvalue weighted by Gasteiger charge is -2.22. The fraction of sp³-hybridized carbons (Fsp3) is 0.571. The molecule has 5 heteroatoms. The van der Waals surface area contributed by atoms with Crippen molar-refractivity contribution in [3.05, 3.63) is 11.6 Å². The Morgan fingerprint density at radius 1 is 1.50 bits per heavy atom. The first kappa shape index (κ1) is 9.18. The van der Waals surface area contributed by atoms with Crippen molar-refractivity contribution in [3.8, 4) is 0 Å². The molecule has 0 radical (unpaired) electrons. The van der Waals surface area contributed by atoms with Gasteiger partial charge in [0.2, 0.25) is 5.79 Å². The van der Waals surface area contributed by atoms with E-state index in [1.807, 2.05) is 0 Å². The van der Waals surface area contributed by atoms with Crippen molar-refractivity contribution in [2.75, 3.05) is 13.2 Å². The van der Waals surface area contributed by atoms with Gasteiger partial charge in [-0.05, 0) is 0 Å². The molecule has 1 heterocycles. The van der Waals surface area contributed by atoms with E-state index in [2.05, 4.69) is 4.74 Å². The molecule has 0 aromatic carbocycles. The van der Waals surface area contributed by atoms with Crippen molar-refractivity contribution in [2.45, 2.75) is 12.2 Å². The van der Waals surface area contributed by atoms with Crippen LogP contribution in [0.25, 0.3) is 0 Å². The molecule has 1 aliphatic heterocycles. The number of rotatable bonds is 3. The molecule has 1 rings (SSSR count). The van der Waals surface area contributed by atoms with Crippen LogP contribution in [0, 0.1) is 0 Å². The van der Waals surface area contributed by atoms with Crippen LogP contribution in [0.3, 0.4) is 0 Å². The highest BCUT2D eigenvalue weighted by molar-refractivity contribution is 5.86. The number of carbonyl (C=O) groups is 1. The Hall–Kier alpha value is -0.910. The maximum absolute atomic E-state index is 10.7. The largest absolute Gasteiger partial charge is 0.426 e. The summed E-state index contributed by atoms with van der Waals surface area (Å²) in [6.45, 7) is -0.774. The number of hydrogen-bond donors (Lipinski definition) is 3.